The van der Waals surface area contributed by atoms with Crippen molar-refractivity contribution in [2.24, 2.45) is 0 Å². The topological polar surface area (TPSA) is 71.3 Å². The molecule has 0 fully saturated rings. The van der Waals surface area contributed by atoms with E-state index in [-0.39, 0.29) is 5.91 Å². The van der Waals surface area contributed by atoms with E-state index in [0.717, 1.165) is 11.4 Å². The third-order valence-corrected chi connectivity index (χ3v) is 3.87. The van der Waals surface area contributed by atoms with Crippen molar-refractivity contribution >= 4 is 17.2 Å². The molecule has 0 aromatic carbocycles. The molecule has 0 radical (unpaired) electrons. The molecular weight excluding hydrogens is 264 g/mol. The van der Waals surface area contributed by atoms with Crippen LogP contribution in [0.5, 0.6) is 0 Å². The number of nitrogens with one attached hydrogen (secondary N) is 1. The fourth-order valence-corrected chi connectivity index (χ4v) is 2.82. The standard InChI is InChI=1S/C12H14N4O2S/c1-13-10-11-9(14-6-18-11)2-3-16(12(10)17)4-8-5-19-7-15-8/h5-7,10,13H,2-4H2,1H3. The number of hydrogen-bond donors (Lipinski definition) is 1. The van der Waals surface area contributed by atoms with Gasteiger partial charge in [-0.3, -0.25) is 4.79 Å². The molecule has 0 saturated heterocycles. The minimum atomic E-state index is -0.460. The fourth-order valence-electron chi connectivity index (χ4n) is 2.27. The summed E-state index contributed by atoms with van der Waals surface area (Å²) in [5.41, 5.74) is 3.55. The highest BCUT2D eigenvalue weighted by Crippen LogP contribution is 2.24. The Hall–Kier alpha value is -1.73. The number of aromatic nitrogens is 2. The molecule has 0 aliphatic carbocycles. The summed E-state index contributed by atoms with van der Waals surface area (Å²) in [4.78, 5) is 22.7. The van der Waals surface area contributed by atoms with Crippen LogP contribution in [0, 0.1) is 0 Å². The lowest BCUT2D eigenvalue weighted by Gasteiger charge is -2.22. The van der Waals surface area contributed by atoms with Gasteiger partial charge in [0.25, 0.3) is 0 Å². The number of fused-ring (bicyclic) bond motifs is 1. The molecule has 0 bridgehead atoms. The Labute approximate surface area is 114 Å². The van der Waals surface area contributed by atoms with Crippen LogP contribution >= 0.6 is 11.3 Å². The predicted molar refractivity (Wildman–Crippen MR) is 69.5 cm³/mol. The predicted octanol–water partition coefficient (Wildman–Crippen LogP) is 0.976. The van der Waals surface area contributed by atoms with Crippen molar-refractivity contribution in [1.29, 1.82) is 0 Å². The van der Waals surface area contributed by atoms with Crippen molar-refractivity contribution < 1.29 is 9.21 Å². The van der Waals surface area contributed by atoms with Gasteiger partial charge in [-0.05, 0) is 7.05 Å². The molecule has 19 heavy (non-hydrogen) atoms. The summed E-state index contributed by atoms with van der Waals surface area (Å²) in [6.07, 6.45) is 2.11. The zero-order valence-electron chi connectivity index (χ0n) is 10.5. The number of hydrogen-bond acceptors (Lipinski definition) is 6. The van der Waals surface area contributed by atoms with Gasteiger partial charge < -0.3 is 14.6 Å². The van der Waals surface area contributed by atoms with Crippen LogP contribution in [0.4, 0.5) is 0 Å². The number of amides is 1. The largest absolute Gasteiger partial charge is 0.446 e. The summed E-state index contributed by atoms with van der Waals surface area (Å²) >= 11 is 1.53. The van der Waals surface area contributed by atoms with Gasteiger partial charge in [0.1, 0.15) is 6.04 Å². The first kappa shape index (κ1) is 12.3. The van der Waals surface area contributed by atoms with E-state index in [2.05, 4.69) is 15.3 Å². The van der Waals surface area contributed by atoms with E-state index in [9.17, 15) is 4.79 Å². The second-order valence-electron chi connectivity index (χ2n) is 4.37. The lowest BCUT2D eigenvalue weighted by Crippen LogP contribution is -2.38. The molecule has 1 aliphatic heterocycles. The van der Waals surface area contributed by atoms with Crippen LogP contribution in [0.2, 0.25) is 0 Å². The molecule has 1 N–H and O–H groups in total. The maximum absolute atomic E-state index is 12.5. The Morgan fingerprint density at radius 3 is 3.21 bits per heavy atom. The highest BCUT2D eigenvalue weighted by Gasteiger charge is 2.33. The van der Waals surface area contributed by atoms with Gasteiger partial charge in [0.15, 0.2) is 12.2 Å². The molecule has 0 saturated carbocycles. The van der Waals surface area contributed by atoms with Crippen LogP contribution in [0.3, 0.4) is 0 Å². The lowest BCUT2D eigenvalue weighted by atomic mass is 10.1. The van der Waals surface area contributed by atoms with Crippen LogP contribution in [-0.4, -0.2) is 34.4 Å². The van der Waals surface area contributed by atoms with Crippen molar-refractivity contribution in [2.75, 3.05) is 13.6 Å². The van der Waals surface area contributed by atoms with Crippen molar-refractivity contribution in [3.63, 3.8) is 0 Å². The first-order valence-corrected chi connectivity index (χ1v) is 6.99. The lowest BCUT2D eigenvalue weighted by molar-refractivity contribution is -0.134. The second kappa shape index (κ2) is 5.10. The normalized spacial score (nSPS) is 19.3. The number of likely N-dealkylation sites (N-methyl/N-ethyl adjacent to an activating group) is 1. The Morgan fingerprint density at radius 1 is 1.58 bits per heavy atom. The summed E-state index contributed by atoms with van der Waals surface area (Å²) in [7, 11) is 1.75. The fraction of sp³-hybridized carbons (Fsp3) is 0.417. The highest BCUT2D eigenvalue weighted by atomic mass is 32.1. The van der Waals surface area contributed by atoms with Crippen LogP contribution in [-0.2, 0) is 17.8 Å². The van der Waals surface area contributed by atoms with Gasteiger partial charge in [-0.2, -0.15) is 0 Å². The highest BCUT2D eigenvalue weighted by molar-refractivity contribution is 7.07. The van der Waals surface area contributed by atoms with Crippen LogP contribution in [0.15, 0.2) is 21.7 Å². The zero-order valence-corrected chi connectivity index (χ0v) is 11.3. The number of carbonyl (C=O) groups excluding carboxylic acids is 1. The molecular formula is C12H14N4O2S. The van der Waals surface area contributed by atoms with E-state index >= 15 is 0 Å². The van der Waals surface area contributed by atoms with Gasteiger partial charge in [-0.1, -0.05) is 0 Å². The average Bonchev–Trinajstić information content (AvgIpc) is 3.04. The number of oxazole rings is 1. The molecule has 3 heterocycles. The molecule has 3 rings (SSSR count). The molecule has 1 aliphatic rings. The van der Waals surface area contributed by atoms with Gasteiger partial charge in [0, 0.05) is 18.3 Å². The van der Waals surface area contributed by atoms with Gasteiger partial charge >= 0.3 is 0 Å². The molecule has 7 heteroatoms. The molecule has 1 amide bonds. The Bertz CT molecular complexity index is 566. The summed E-state index contributed by atoms with van der Waals surface area (Å²) < 4.78 is 5.36. The van der Waals surface area contributed by atoms with E-state index in [1.165, 1.54) is 17.7 Å². The third kappa shape index (κ3) is 2.26. The number of nitrogens with zero attached hydrogens (tertiary/aromatic N) is 3. The number of thiazole rings is 1. The minimum absolute atomic E-state index is 0.00556. The third-order valence-electron chi connectivity index (χ3n) is 3.24. The van der Waals surface area contributed by atoms with Crippen molar-refractivity contribution in [3.05, 3.63) is 34.4 Å². The molecule has 0 spiro atoms. The zero-order chi connectivity index (χ0) is 13.2. The van der Waals surface area contributed by atoms with E-state index in [0.29, 0.717) is 25.3 Å². The van der Waals surface area contributed by atoms with Gasteiger partial charge in [0.2, 0.25) is 5.91 Å². The Kier molecular flexibility index (Phi) is 3.31. The SMILES string of the molecule is CNC1C(=O)N(Cc2cscn2)CCc2ncoc21. The van der Waals surface area contributed by atoms with E-state index in [1.54, 1.807) is 17.5 Å². The van der Waals surface area contributed by atoms with E-state index in [1.807, 2.05) is 5.38 Å². The van der Waals surface area contributed by atoms with Crippen molar-refractivity contribution in [1.82, 2.24) is 20.2 Å². The summed E-state index contributed by atoms with van der Waals surface area (Å²) in [5, 5.41) is 4.96. The quantitative estimate of drug-likeness (QED) is 0.906. The first-order valence-electron chi connectivity index (χ1n) is 6.05. The molecule has 1 atom stereocenters. The molecule has 100 valence electrons. The monoisotopic (exact) mass is 278 g/mol. The van der Waals surface area contributed by atoms with Crippen LogP contribution in [0.1, 0.15) is 23.2 Å². The molecule has 2 aromatic rings. The molecule has 6 nitrogen and oxygen atoms in total. The number of rotatable bonds is 3. The smallest absolute Gasteiger partial charge is 0.248 e. The first-order chi connectivity index (χ1) is 9.29. The van der Waals surface area contributed by atoms with E-state index < -0.39 is 6.04 Å². The molecule has 1 unspecified atom stereocenters. The number of carbonyl (C=O) groups is 1. The van der Waals surface area contributed by atoms with Crippen LogP contribution in [0.25, 0.3) is 0 Å². The van der Waals surface area contributed by atoms with Crippen molar-refractivity contribution in [3.8, 4) is 0 Å². The Morgan fingerprint density at radius 2 is 2.47 bits per heavy atom. The maximum atomic E-state index is 12.5. The molecule has 2 aromatic heterocycles. The van der Waals surface area contributed by atoms with Gasteiger partial charge in [-0.15, -0.1) is 11.3 Å². The second-order valence-corrected chi connectivity index (χ2v) is 5.09. The van der Waals surface area contributed by atoms with Gasteiger partial charge in [0.05, 0.1) is 23.4 Å². The maximum Gasteiger partial charge on any atom is 0.248 e. The summed E-state index contributed by atoms with van der Waals surface area (Å²) in [5.74, 6) is 0.638. The summed E-state index contributed by atoms with van der Waals surface area (Å²) in [6, 6.07) is -0.460. The van der Waals surface area contributed by atoms with E-state index in [4.69, 9.17) is 4.42 Å². The van der Waals surface area contributed by atoms with Gasteiger partial charge in [-0.25, -0.2) is 9.97 Å². The van der Waals surface area contributed by atoms with Crippen molar-refractivity contribution in [2.45, 2.75) is 19.0 Å². The van der Waals surface area contributed by atoms with Crippen LogP contribution < -0.4 is 5.32 Å². The average molecular weight is 278 g/mol. The minimum Gasteiger partial charge on any atom is -0.446 e. The summed E-state index contributed by atoms with van der Waals surface area (Å²) in [6.45, 7) is 1.17. The Balaban J connectivity index is 1.85.